The normalized spacial score (nSPS) is 27.0. The van der Waals surface area contributed by atoms with Crippen LogP contribution < -0.4 is 10.5 Å². The molecule has 19 heavy (non-hydrogen) atoms. The van der Waals surface area contributed by atoms with Gasteiger partial charge >= 0.3 is 6.01 Å². The third-order valence-electron chi connectivity index (χ3n) is 3.52. The van der Waals surface area contributed by atoms with Crippen molar-refractivity contribution in [3.63, 3.8) is 0 Å². The van der Waals surface area contributed by atoms with Crippen molar-refractivity contribution in [1.82, 2.24) is 9.97 Å². The fourth-order valence-corrected chi connectivity index (χ4v) is 2.85. The predicted octanol–water partition coefficient (Wildman–Crippen LogP) is 2.27. The molecule has 0 aromatic carbocycles. The minimum absolute atomic E-state index is 0.0549. The number of nitrogens with two attached hydrogens (primary N) is 1. The predicted molar refractivity (Wildman–Crippen MR) is 74.4 cm³/mol. The Bertz CT molecular complexity index is 465. The molecule has 0 amide bonds. The lowest BCUT2D eigenvalue weighted by Gasteiger charge is -2.31. The molecule has 5 heteroatoms. The maximum absolute atomic E-state index is 7.44. The minimum Gasteiger partial charge on any atom is -0.460 e. The van der Waals surface area contributed by atoms with E-state index < -0.39 is 0 Å². The Morgan fingerprint density at radius 2 is 1.89 bits per heavy atom. The molecule has 1 aliphatic rings. The quantitative estimate of drug-likeness (QED) is 0.646. The molecule has 1 aromatic heterocycles. The molecule has 0 aliphatic heterocycles. The third kappa shape index (κ3) is 3.66. The molecule has 0 radical (unpaired) electrons. The number of hydrogen-bond donors (Lipinski definition) is 2. The lowest BCUT2D eigenvalue weighted by molar-refractivity contribution is 0.0918. The number of amidine groups is 1. The fraction of sp³-hybridized carbons (Fsp3) is 0.643. The Hall–Kier alpha value is -1.65. The second-order valence-corrected chi connectivity index (χ2v) is 5.75. The summed E-state index contributed by atoms with van der Waals surface area (Å²) in [6, 6.07) is 2.04. The highest BCUT2D eigenvalue weighted by molar-refractivity contribution is 5.93. The maximum Gasteiger partial charge on any atom is 0.317 e. The lowest BCUT2D eigenvalue weighted by atomic mass is 9.82. The molecule has 5 nitrogen and oxygen atoms in total. The number of aromatic nitrogens is 2. The Morgan fingerprint density at radius 1 is 1.26 bits per heavy atom. The second-order valence-electron chi connectivity index (χ2n) is 5.75. The fourth-order valence-electron chi connectivity index (χ4n) is 2.85. The lowest BCUT2D eigenvalue weighted by Crippen LogP contribution is -2.29. The summed E-state index contributed by atoms with van der Waals surface area (Å²) in [4.78, 5) is 8.47. The van der Waals surface area contributed by atoms with Gasteiger partial charge in [0.1, 0.15) is 17.6 Å². The van der Waals surface area contributed by atoms with Crippen molar-refractivity contribution < 1.29 is 4.74 Å². The highest BCUT2D eigenvalue weighted by Gasteiger charge is 2.26. The number of nitrogen functional groups attached to an aromatic ring is 1. The van der Waals surface area contributed by atoms with E-state index in [2.05, 4.69) is 23.8 Å². The Morgan fingerprint density at radius 3 is 2.47 bits per heavy atom. The van der Waals surface area contributed by atoms with E-state index in [9.17, 15) is 0 Å². The molecule has 1 heterocycles. The summed E-state index contributed by atoms with van der Waals surface area (Å²) < 4.78 is 5.89. The molecule has 1 fully saturated rings. The largest absolute Gasteiger partial charge is 0.460 e. The first-order valence-corrected chi connectivity index (χ1v) is 6.80. The van der Waals surface area contributed by atoms with Crippen LogP contribution in [0.4, 0.5) is 0 Å². The molecule has 0 spiro atoms. The smallest absolute Gasteiger partial charge is 0.317 e. The van der Waals surface area contributed by atoms with Crippen LogP contribution >= 0.6 is 0 Å². The van der Waals surface area contributed by atoms with E-state index in [1.807, 2.05) is 6.92 Å². The van der Waals surface area contributed by atoms with Crippen LogP contribution in [0.1, 0.15) is 44.5 Å². The van der Waals surface area contributed by atoms with E-state index in [0.29, 0.717) is 23.5 Å². The molecule has 3 N–H and O–H groups in total. The zero-order chi connectivity index (χ0) is 14.0. The summed E-state index contributed by atoms with van der Waals surface area (Å²) in [5, 5.41) is 7.44. The molecular formula is C14H22N4O. The van der Waals surface area contributed by atoms with E-state index in [-0.39, 0.29) is 11.9 Å². The van der Waals surface area contributed by atoms with Crippen molar-refractivity contribution in [3.8, 4) is 6.01 Å². The average molecular weight is 262 g/mol. The summed E-state index contributed by atoms with van der Waals surface area (Å²) in [5.41, 5.74) is 6.67. The van der Waals surface area contributed by atoms with Gasteiger partial charge in [0.2, 0.25) is 0 Å². The molecule has 2 unspecified atom stereocenters. The number of rotatable bonds is 3. The van der Waals surface area contributed by atoms with Gasteiger partial charge in [0.05, 0.1) is 0 Å². The Balaban J connectivity index is 2.12. The van der Waals surface area contributed by atoms with Gasteiger partial charge in [-0.2, -0.15) is 4.98 Å². The van der Waals surface area contributed by atoms with Crippen LogP contribution in [0.25, 0.3) is 0 Å². The van der Waals surface area contributed by atoms with Crippen LogP contribution in [0.5, 0.6) is 6.01 Å². The van der Waals surface area contributed by atoms with Gasteiger partial charge in [0.25, 0.3) is 0 Å². The highest BCUT2D eigenvalue weighted by atomic mass is 16.5. The first kappa shape index (κ1) is 13.8. The van der Waals surface area contributed by atoms with Crippen molar-refractivity contribution in [2.45, 2.75) is 46.1 Å². The van der Waals surface area contributed by atoms with Crippen molar-refractivity contribution in [3.05, 3.63) is 17.5 Å². The van der Waals surface area contributed by atoms with Gasteiger partial charge in [0, 0.05) is 5.69 Å². The van der Waals surface area contributed by atoms with Crippen LogP contribution in [0.3, 0.4) is 0 Å². The molecular weight excluding hydrogens is 240 g/mol. The molecule has 0 saturated heterocycles. The van der Waals surface area contributed by atoms with Crippen molar-refractivity contribution in [2.24, 2.45) is 17.6 Å². The topological polar surface area (TPSA) is 84.9 Å². The van der Waals surface area contributed by atoms with Crippen molar-refractivity contribution >= 4 is 5.84 Å². The van der Waals surface area contributed by atoms with Gasteiger partial charge in [-0.25, -0.2) is 4.98 Å². The van der Waals surface area contributed by atoms with Crippen LogP contribution in [0, 0.1) is 24.2 Å². The van der Waals surface area contributed by atoms with Crippen LogP contribution in [0.2, 0.25) is 0 Å². The van der Waals surface area contributed by atoms with Crippen molar-refractivity contribution in [1.29, 1.82) is 5.41 Å². The summed E-state index contributed by atoms with van der Waals surface area (Å²) in [6.07, 6.45) is 3.50. The molecule has 1 aromatic rings. The molecule has 2 rings (SSSR count). The standard InChI is InChI=1S/C14H22N4O/c1-8-4-9(2)6-11(5-8)19-14-17-10(3)7-12(18-14)13(15)16/h7-9,11H,4-6H2,1-3H3,(H3,15,16). The van der Waals surface area contributed by atoms with E-state index >= 15 is 0 Å². The van der Waals surface area contributed by atoms with Gasteiger partial charge < -0.3 is 10.5 Å². The molecule has 1 saturated carbocycles. The highest BCUT2D eigenvalue weighted by Crippen LogP contribution is 2.30. The summed E-state index contributed by atoms with van der Waals surface area (Å²) in [7, 11) is 0. The van der Waals surface area contributed by atoms with Gasteiger partial charge in [-0.3, -0.25) is 5.41 Å². The molecule has 0 bridgehead atoms. The van der Waals surface area contributed by atoms with Crippen molar-refractivity contribution in [2.75, 3.05) is 0 Å². The van der Waals surface area contributed by atoms with E-state index in [1.165, 1.54) is 6.42 Å². The van der Waals surface area contributed by atoms with Crippen LogP contribution in [-0.4, -0.2) is 21.9 Å². The van der Waals surface area contributed by atoms with Crippen LogP contribution in [-0.2, 0) is 0 Å². The summed E-state index contributed by atoms with van der Waals surface area (Å²) >= 11 is 0. The SMILES string of the molecule is Cc1cc(C(=N)N)nc(OC2CC(C)CC(C)C2)n1. The van der Waals surface area contributed by atoms with Gasteiger partial charge in [-0.05, 0) is 44.1 Å². The Kier molecular flexibility index (Phi) is 4.02. The number of aryl methyl sites for hydroxylation is 1. The third-order valence-corrected chi connectivity index (χ3v) is 3.52. The monoisotopic (exact) mass is 262 g/mol. The second kappa shape index (κ2) is 5.55. The summed E-state index contributed by atoms with van der Waals surface area (Å²) in [5.74, 6) is 1.29. The van der Waals surface area contributed by atoms with Crippen LogP contribution in [0.15, 0.2) is 6.07 Å². The number of hydrogen-bond acceptors (Lipinski definition) is 4. The molecule has 2 atom stereocenters. The number of nitrogens with one attached hydrogen (secondary N) is 1. The first-order chi connectivity index (χ1) is 8.94. The van der Waals surface area contributed by atoms with E-state index in [4.69, 9.17) is 15.9 Å². The van der Waals surface area contributed by atoms with E-state index in [0.717, 1.165) is 18.5 Å². The van der Waals surface area contributed by atoms with Gasteiger partial charge in [0.15, 0.2) is 0 Å². The van der Waals surface area contributed by atoms with Gasteiger partial charge in [-0.1, -0.05) is 13.8 Å². The number of ether oxygens (including phenoxy) is 1. The van der Waals surface area contributed by atoms with Gasteiger partial charge in [-0.15, -0.1) is 0 Å². The average Bonchev–Trinajstić information content (AvgIpc) is 2.26. The molecule has 1 aliphatic carbocycles. The Labute approximate surface area is 114 Å². The van der Waals surface area contributed by atoms with E-state index in [1.54, 1.807) is 6.07 Å². The summed E-state index contributed by atoms with van der Waals surface area (Å²) in [6.45, 7) is 6.36. The zero-order valence-corrected chi connectivity index (χ0v) is 11.8. The zero-order valence-electron chi connectivity index (χ0n) is 11.8. The molecule has 104 valence electrons. The first-order valence-electron chi connectivity index (χ1n) is 6.80. The minimum atomic E-state index is -0.0549. The maximum atomic E-state index is 7.44. The number of nitrogens with zero attached hydrogens (tertiary/aromatic N) is 2.